The predicted octanol–water partition coefficient (Wildman–Crippen LogP) is 1.04. The number of carbonyl (C=O) groups excluding carboxylic acids is 1. The first kappa shape index (κ1) is 7.60. The minimum Gasteiger partial charge on any atom is -0.470 e. The molecule has 0 aliphatic carbocycles. The SMILES string of the molecule is CSCOC1=NC(=O)CC1. The Labute approximate surface area is 63.9 Å². The molecule has 0 spiro atoms. The van der Waals surface area contributed by atoms with E-state index in [1.807, 2.05) is 6.26 Å². The number of rotatable bonds is 2. The minimum atomic E-state index is -0.0592. The van der Waals surface area contributed by atoms with E-state index in [-0.39, 0.29) is 5.91 Å². The van der Waals surface area contributed by atoms with E-state index in [0.717, 1.165) is 0 Å². The number of hydrogen-bond acceptors (Lipinski definition) is 3. The summed E-state index contributed by atoms with van der Waals surface area (Å²) < 4.78 is 5.11. The van der Waals surface area contributed by atoms with Gasteiger partial charge in [0.05, 0.1) is 0 Å². The molecular formula is C6H9NO2S. The molecular weight excluding hydrogens is 150 g/mol. The van der Waals surface area contributed by atoms with Crippen LogP contribution in [0.25, 0.3) is 0 Å². The Kier molecular flexibility index (Phi) is 2.74. The molecule has 0 aromatic carbocycles. The monoisotopic (exact) mass is 159 g/mol. The lowest BCUT2D eigenvalue weighted by Gasteiger charge is -1.99. The first-order valence-corrected chi connectivity index (χ1v) is 4.44. The number of ether oxygens (including phenoxy) is 1. The highest BCUT2D eigenvalue weighted by molar-refractivity contribution is 7.98. The summed E-state index contributed by atoms with van der Waals surface area (Å²) in [6, 6.07) is 0. The predicted molar refractivity (Wildman–Crippen MR) is 41.1 cm³/mol. The van der Waals surface area contributed by atoms with Crippen LogP contribution >= 0.6 is 11.8 Å². The van der Waals surface area contributed by atoms with Gasteiger partial charge in [-0.3, -0.25) is 4.79 Å². The van der Waals surface area contributed by atoms with Gasteiger partial charge >= 0.3 is 0 Å². The Hall–Kier alpha value is -0.510. The Bertz CT molecular complexity index is 167. The molecule has 3 nitrogen and oxygen atoms in total. The molecule has 1 amide bonds. The topological polar surface area (TPSA) is 38.7 Å². The lowest BCUT2D eigenvalue weighted by molar-refractivity contribution is -0.117. The fourth-order valence-corrected chi connectivity index (χ4v) is 0.950. The molecule has 0 fully saturated rings. The molecule has 0 aromatic rings. The van der Waals surface area contributed by atoms with Gasteiger partial charge in [-0.1, -0.05) is 0 Å². The molecule has 1 heterocycles. The van der Waals surface area contributed by atoms with Crippen LogP contribution in [0.3, 0.4) is 0 Å². The van der Waals surface area contributed by atoms with Crippen LogP contribution in [0.2, 0.25) is 0 Å². The molecule has 0 unspecified atom stereocenters. The zero-order valence-electron chi connectivity index (χ0n) is 5.79. The van der Waals surface area contributed by atoms with Crippen molar-refractivity contribution in [3.05, 3.63) is 0 Å². The van der Waals surface area contributed by atoms with E-state index in [4.69, 9.17) is 4.74 Å². The Morgan fingerprint density at radius 1 is 1.70 bits per heavy atom. The zero-order valence-corrected chi connectivity index (χ0v) is 6.61. The van der Waals surface area contributed by atoms with E-state index in [1.165, 1.54) is 0 Å². The third-order valence-electron chi connectivity index (χ3n) is 1.15. The standard InChI is InChI=1S/C6H9NO2S/c1-10-4-9-6-3-2-5(8)7-6/h2-4H2,1H3. The van der Waals surface area contributed by atoms with Crippen molar-refractivity contribution in [3.63, 3.8) is 0 Å². The number of carbonyl (C=O) groups is 1. The Balaban J connectivity index is 2.28. The summed E-state index contributed by atoms with van der Waals surface area (Å²) in [6.07, 6.45) is 3.14. The average Bonchev–Trinajstić information content (AvgIpc) is 2.31. The fraction of sp³-hybridized carbons (Fsp3) is 0.667. The van der Waals surface area contributed by atoms with Gasteiger partial charge in [0.15, 0.2) is 5.90 Å². The molecule has 1 aliphatic rings. The molecule has 0 atom stereocenters. The van der Waals surface area contributed by atoms with Crippen molar-refractivity contribution in [1.29, 1.82) is 0 Å². The van der Waals surface area contributed by atoms with Crippen LogP contribution in [0.15, 0.2) is 4.99 Å². The van der Waals surface area contributed by atoms with Gasteiger partial charge in [0, 0.05) is 12.8 Å². The third kappa shape index (κ3) is 2.02. The van der Waals surface area contributed by atoms with Gasteiger partial charge in [0.1, 0.15) is 5.94 Å². The maximum absolute atomic E-state index is 10.5. The normalized spacial score (nSPS) is 17.3. The van der Waals surface area contributed by atoms with Crippen molar-refractivity contribution in [2.24, 2.45) is 4.99 Å². The number of aliphatic imine (C=N–C) groups is 1. The van der Waals surface area contributed by atoms with Crippen LogP contribution in [-0.4, -0.2) is 24.0 Å². The average molecular weight is 159 g/mol. The number of nitrogens with zero attached hydrogens (tertiary/aromatic N) is 1. The van der Waals surface area contributed by atoms with E-state index < -0.39 is 0 Å². The summed E-state index contributed by atoms with van der Waals surface area (Å²) >= 11 is 1.58. The lowest BCUT2D eigenvalue weighted by Crippen LogP contribution is -1.99. The second-order valence-electron chi connectivity index (χ2n) is 1.95. The summed E-state index contributed by atoms with van der Waals surface area (Å²) in [7, 11) is 0. The maximum Gasteiger partial charge on any atom is 0.249 e. The highest BCUT2D eigenvalue weighted by atomic mass is 32.2. The van der Waals surface area contributed by atoms with Crippen molar-refractivity contribution >= 4 is 23.6 Å². The molecule has 0 aromatic heterocycles. The van der Waals surface area contributed by atoms with Gasteiger partial charge < -0.3 is 4.74 Å². The van der Waals surface area contributed by atoms with Crippen molar-refractivity contribution in [2.45, 2.75) is 12.8 Å². The lowest BCUT2D eigenvalue weighted by atomic mass is 10.3. The second-order valence-corrected chi connectivity index (χ2v) is 2.76. The Morgan fingerprint density at radius 3 is 3.00 bits per heavy atom. The van der Waals surface area contributed by atoms with Crippen molar-refractivity contribution in [3.8, 4) is 0 Å². The molecule has 56 valence electrons. The van der Waals surface area contributed by atoms with Crippen LogP contribution < -0.4 is 0 Å². The van der Waals surface area contributed by atoms with Gasteiger partial charge in [-0.2, -0.15) is 4.99 Å². The highest BCUT2D eigenvalue weighted by Crippen LogP contribution is 2.08. The van der Waals surface area contributed by atoms with Crippen molar-refractivity contribution < 1.29 is 9.53 Å². The minimum absolute atomic E-state index is 0.0592. The van der Waals surface area contributed by atoms with Gasteiger partial charge in [-0.05, 0) is 6.26 Å². The van der Waals surface area contributed by atoms with Crippen LogP contribution in [-0.2, 0) is 9.53 Å². The van der Waals surface area contributed by atoms with Crippen LogP contribution in [0.4, 0.5) is 0 Å². The fourth-order valence-electron chi connectivity index (χ4n) is 0.696. The largest absolute Gasteiger partial charge is 0.470 e. The molecule has 0 radical (unpaired) electrons. The second kappa shape index (κ2) is 3.61. The van der Waals surface area contributed by atoms with Crippen molar-refractivity contribution in [2.75, 3.05) is 12.2 Å². The van der Waals surface area contributed by atoms with Crippen molar-refractivity contribution in [1.82, 2.24) is 0 Å². The van der Waals surface area contributed by atoms with Gasteiger partial charge in [-0.25, -0.2) is 0 Å². The maximum atomic E-state index is 10.5. The molecule has 10 heavy (non-hydrogen) atoms. The molecule has 0 saturated carbocycles. The third-order valence-corrected chi connectivity index (χ3v) is 1.50. The summed E-state index contributed by atoms with van der Waals surface area (Å²) in [5.74, 6) is 1.13. The summed E-state index contributed by atoms with van der Waals surface area (Å²) in [4.78, 5) is 14.2. The summed E-state index contributed by atoms with van der Waals surface area (Å²) in [6.45, 7) is 0. The van der Waals surface area contributed by atoms with Gasteiger partial charge in [-0.15, -0.1) is 11.8 Å². The van der Waals surface area contributed by atoms with Crippen LogP contribution in [0.1, 0.15) is 12.8 Å². The smallest absolute Gasteiger partial charge is 0.249 e. The van der Waals surface area contributed by atoms with E-state index >= 15 is 0 Å². The first-order valence-electron chi connectivity index (χ1n) is 3.05. The molecule has 4 heteroatoms. The molecule has 1 rings (SSSR count). The number of amides is 1. The van der Waals surface area contributed by atoms with Gasteiger partial charge in [0.25, 0.3) is 0 Å². The molecule has 1 aliphatic heterocycles. The van der Waals surface area contributed by atoms with E-state index in [9.17, 15) is 4.79 Å². The van der Waals surface area contributed by atoms with Crippen LogP contribution in [0.5, 0.6) is 0 Å². The number of hydrogen-bond donors (Lipinski definition) is 0. The molecule has 0 bridgehead atoms. The van der Waals surface area contributed by atoms with Crippen LogP contribution in [0, 0.1) is 0 Å². The first-order chi connectivity index (χ1) is 4.83. The molecule has 0 N–H and O–H groups in total. The number of thioether (sulfide) groups is 1. The van der Waals surface area contributed by atoms with E-state index in [0.29, 0.717) is 24.7 Å². The van der Waals surface area contributed by atoms with E-state index in [2.05, 4.69) is 4.99 Å². The summed E-state index contributed by atoms with van der Waals surface area (Å²) in [5.41, 5.74) is 0. The summed E-state index contributed by atoms with van der Waals surface area (Å²) in [5, 5.41) is 0. The van der Waals surface area contributed by atoms with E-state index in [1.54, 1.807) is 11.8 Å². The molecule has 0 saturated heterocycles. The highest BCUT2D eigenvalue weighted by Gasteiger charge is 2.14. The quantitative estimate of drug-likeness (QED) is 0.565. The van der Waals surface area contributed by atoms with Gasteiger partial charge in [0.2, 0.25) is 5.91 Å². The zero-order chi connectivity index (χ0) is 7.40. The Morgan fingerprint density at radius 2 is 2.50 bits per heavy atom.